The first-order valence-corrected chi connectivity index (χ1v) is 7.92. The van der Waals surface area contributed by atoms with Crippen LogP contribution in [0.15, 0.2) is 24.3 Å². The van der Waals surface area contributed by atoms with Crippen molar-refractivity contribution in [2.75, 3.05) is 32.8 Å². The number of nitrogens with zero attached hydrogens (tertiary/aromatic N) is 1. The molecule has 1 aromatic rings. The number of halogens is 1. The molecule has 1 aliphatic heterocycles. The summed E-state index contributed by atoms with van der Waals surface area (Å²) in [6.07, 6.45) is 1.18. The molecule has 1 aliphatic rings. The van der Waals surface area contributed by atoms with Crippen LogP contribution in [0, 0.1) is 11.7 Å². The highest BCUT2D eigenvalue weighted by atomic mass is 19.1. The Morgan fingerprint density at radius 3 is 2.71 bits per heavy atom. The van der Waals surface area contributed by atoms with Crippen LogP contribution in [0.5, 0.6) is 0 Å². The van der Waals surface area contributed by atoms with E-state index in [1.165, 1.54) is 12.5 Å². The van der Waals surface area contributed by atoms with Gasteiger partial charge in [0.05, 0.1) is 13.2 Å². The summed E-state index contributed by atoms with van der Waals surface area (Å²) < 4.78 is 18.6. The summed E-state index contributed by atoms with van der Waals surface area (Å²) in [6.45, 7) is 9.88. The normalized spacial score (nSPS) is 18.1. The second-order valence-electron chi connectivity index (χ2n) is 6.19. The van der Waals surface area contributed by atoms with Crippen LogP contribution in [0.1, 0.15) is 25.8 Å². The lowest BCUT2D eigenvalue weighted by molar-refractivity contribution is 0.0123. The molecule has 1 N–H and O–H groups in total. The van der Waals surface area contributed by atoms with Gasteiger partial charge in [0.1, 0.15) is 5.82 Å². The fourth-order valence-electron chi connectivity index (χ4n) is 2.88. The molecule has 0 bridgehead atoms. The SMILES string of the molecule is CC(C)CC(CNCc1cccc(F)c1)N1CCOCC1. The molecule has 1 heterocycles. The minimum absolute atomic E-state index is 0.166. The zero-order chi connectivity index (χ0) is 15.1. The Balaban J connectivity index is 1.83. The predicted molar refractivity (Wildman–Crippen MR) is 83.7 cm³/mol. The van der Waals surface area contributed by atoms with Crippen molar-refractivity contribution in [1.29, 1.82) is 0 Å². The summed E-state index contributed by atoms with van der Waals surface area (Å²) in [6, 6.07) is 7.34. The number of hydrogen-bond acceptors (Lipinski definition) is 3. The maximum atomic E-state index is 13.2. The highest BCUT2D eigenvalue weighted by Crippen LogP contribution is 2.13. The monoisotopic (exact) mass is 294 g/mol. The van der Waals surface area contributed by atoms with Gasteiger partial charge < -0.3 is 10.1 Å². The lowest BCUT2D eigenvalue weighted by Gasteiger charge is -2.35. The topological polar surface area (TPSA) is 24.5 Å². The van der Waals surface area contributed by atoms with Crippen LogP contribution in [0.4, 0.5) is 4.39 Å². The van der Waals surface area contributed by atoms with E-state index in [0.29, 0.717) is 12.0 Å². The molecule has 21 heavy (non-hydrogen) atoms. The Labute approximate surface area is 127 Å². The van der Waals surface area contributed by atoms with Crippen LogP contribution < -0.4 is 5.32 Å². The van der Waals surface area contributed by atoms with Crippen molar-refractivity contribution in [3.8, 4) is 0 Å². The minimum Gasteiger partial charge on any atom is -0.379 e. The van der Waals surface area contributed by atoms with Gasteiger partial charge in [-0.05, 0) is 30.0 Å². The Kier molecular flexibility index (Phi) is 6.61. The molecular weight excluding hydrogens is 267 g/mol. The van der Waals surface area contributed by atoms with Crippen LogP contribution in [0.25, 0.3) is 0 Å². The Morgan fingerprint density at radius 1 is 1.29 bits per heavy atom. The highest BCUT2D eigenvalue weighted by molar-refractivity contribution is 5.15. The molecule has 0 spiro atoms. The van der Waals surface area contributed by atoms with Crippen molar-refractivity contribution in [2.45, 2.75) is 32.9 Å². The molecule has 1 fully saturated rings. The van der Waals surface area contributed by atoms with Crippen molar-refractivity contribution in [1.82, 2.24) is 10.2 Å². The maximum absolute atomic E-state index is 13.2. The predicted octanol–water partition coefficient (Wildman–Crippen LogP) is 2.66. The first kappa shape index (κ1) is 16.4. The molecule has 1 atom stereocenters. The Bertz CT molecular complexity index is 419. The third-order valence-corrected chi connectivity index (χ3v) is 3.90. The molecule has 1 unspecified atom stereocenters. The fourth-order valence-corrected chi connectivity index (χ4v) is 2.88. The van der Waals surface area contributed by atoms with E-state index < -0.39 is 0 Å². The van der Waals surface area contributed by atoms with E-state index in [1.807, 2.05) is 6.07 Å². The van der Waals surface area contributed by atoms with Gasteiger partial charge >= 0.3 is 0 Å². The summed E-state index contributed by atoms with van der Waals surface area (Å²) in [4.78, 5) is 2.52. The number of hydrogen-bond donors (Lipinski definition) is 1. The quantitative estimate of drug-likeness (QED) is 0.837. The lowest BCUT2D eigenvalue weighted by Crippen LogP contribution is -2.48. The molecule has 0 aromatic heterocycles. The zero-order valence-electron chi connectivity index (χ0n) is 13.1. The summed E-state index contributed by atoms with van der Waals surface area (Å²) in [7, 11) is 0. The number of benzene rings is 1. The second kappa shape index (κ2) is 8.47. The molecule has 0 aliphatic carbocycles. The molecule has 1 saturated heterocycles. The molecule has 4 heteroatoms. The third-order valence-electron chi connectivity index (χ3n) is 3.90. The average molecular weight is 294 g/mol. The number of nitrogens with one attached hydrogen (secondary N) is 1. The van der Waals surface area contributed by atoms with Crippen molar-refractivity contribution >= 4 is 0 Å². The summed E-state index contributed by atoms with van der Waals surface area (Å²) in [5, 5.41) is 3.48. The van der Waals surface area contributed by atoms with Gasteiger partial charge in [0.25, 0.3) is 0 Å². The van der Waals surface area contributed by atoms with Gasteiger partial charge in [0.2, 0.25) is 0 Å². The molecule has 118 valence electrons. The van der Waals surface area contributed by atoms with Crippen LogP contribution >= 0.6 is 0 Å². The molecule has 2 rings (SSSR count). The van der Waals surface area contributed by atoms with Gasteiger partial charge in [-0.3, -0.25) is 4.90 Å². The van der Waals surface area contributed by atoms with Gasteiger partial charge in [-0.1, -0.05) is 26.0 Å². The van der Waals surface area contributed by atoms with Gasteiger partial charge in [-0.25, -0.2) is 4.39 Å². The second-order valence-corrected chi connectivity index (χ2v) is 6.19. The maximum Gasteiger partial charge on any atom is 0.123 e. The molecule has 0 amide bonds. The zero-order valence-corrected chi connectivity index (χ0v) is 13.1. The average Bonchev–Trinajstić information content (AvgIpc) is 2.47. The van der Waals surface area contributed by atoms with E-state index in [-0.39, 0.29) is 5.82 Å². The number of rotatable bonds is 7. The number of morpholine rings is 1. The summed E-state index contributed by atoms with van der Waals surface area (Å²) >= 11 is 0. The van der Waals surface area contributed by atoms with E-state index in [0.717, 1.165) is 45.0 Å². The smallest absolute Gasteiger partial charge is 0.123 e. The van der Waals surface area contributed by atoms with Crippen molar-refractivity contribution in [3.05, 3.63) is 35.6 Å². The van der Waals surface area contributed by atoms with E-state index in [4.69, 9.17) is 4.74 Å². The Morgan fingerprint density at radius 2 is 2.05 bits per heavy atom. The third kappa shape index (κ3) is 5.73. The standard InChI is InChI=1S/C17H27FN2O/c1-14(2)10-17(20-6-8-21-9-7-20)13-19-12-15-4-3-5-16(18)11-15/h3-5,11,14,17,19H,6-10,12-13H2,1-2H3. The molecule has 0 radical (unpaired) electrons. The van der Waals surface area contributed by atoms with Crippen LogP contribution in [0.2, 0.25) is 0 Å². The van der Waals surface area contributed by atoms with Crippen molar-refractivity contribution < 1.29 is 9.13 Å². The summed E-state index contributed by atoms with van der Waals surface area (Å²) in [5.41, 5.74) is 1.00. The fraction of sp³-hybridized carbons (Fsp3) is 0.647. The summed E-state index contributed by atoms with van der Waals surface area (Å²) in [5.74, 6) is 0.509. The lowest BCUT2D eigenvalue weighted by atomic mass is 10.0. The Hall–Kier alpha value is -0.970. The molecule has 0 saturated carbocycles. The molecule has 1 aromatic carbocycles. The molecule has 3 nitrogen and oxygen atoms in total. The minimum atomic E-state index is -0.166. The largest absolute Gasteiger partial charge is 0.379 e. The van der Waals surface area contributed by atoms with E-state index in [9.17, 15) is 4.39 Å². The molecular formula is C17H27FN2O. The van der Waals surface area contributed by atoms with E-state index in [1.54, 1.807) is 12.1 Å². The number of ether oxygens (including phenoxy) is 1. The van der Waals surface area contributed by atoms with Gasteiger partial charge in [0.15, 0.2) is 0 Å². The first-order chi connectivity index (χ1) is 10.1. The highest BCUT2D eigenvalue weighted by Gasteiger charge is 2.21. The van der Waals surface area contributed by atoms with Crippen molar-refractivity contribution in [3.63, 3.8) is 0 Å². The first-order valence-electron chi connectivity index (χ1n) is 7.92. The van der Waals surface area contributed by atoms with Crippen LogP contribution in [0.3, 0.4) is 0 Å². The van der Waals surface area contributed by atoms with E-state index >= 15 is 0 Å². The van der Waals surface area contributed by atoms with E-state index in [2.05, 4.69) is 24.1 Å². The van der Waals surface area contributed by atoms with Crippen LogP contribution in [-0.2, 0) is 11.3 Å². The van der Waals surface area contributed by atoms with Crippen LogP contribution in [-0.4, -0.2) is 43.8 Å². The van der Waals surface area contributed by atoms with Crippen molar-refractivity contribution in [2.24, 2.45) is 5.92 Å². The van der Waals surface area contributed by atoms with Gasteiger partial charge in [0, 0.05) is 32.2 Å². The van der Waals surface area contributed by atoms with Gasteiger partial charge in [-0.15, -0.1) is 0 Å². The van der Waals surface area contributed by atoms with Gasteiger partial charge in [-0.2, -0.15) is 0 Å².